The Bertz CT molecular complexity index is 433. The Hall–Kier alpha value is -1.26. The predicted octanol–water partition coefficient (Wildman–Crippen LogP) is 0.575. The monoisotopic (exact) mass is 255 g/mol. The first-order valence-corrected chi connectivity index (χ1v) is 6.62. The maximum absolute atomic E-state index is 11.3. The average Bonchev–Trinajstić information content (AvgIpc) is 2.70. The topological polar surface area (TPSA) is 86.5 Å². The van der Waals surface area contributed by atoms with Crippen LogP contribution in [0.1, 0.15) is 20.3 Å². The van der Waals surface area contributed by atoms with Crippen LogP contribution in [-0.2, 0) is 6.54 Å². The number of hydrogen-bond donors (Lipinski definition) is 2. The minimum absolute atomic E-state index is 0.204. The fourth-order valence-corrected chi connectivity index (χ4v) is 2.30. The molecule has 0 saturated carbocycles. The molecule has 0 aliphatic rings. The zero-order valence-electron chi connectivity index (χ0n) is 10.1. The van der Waals surface area contributed by atoms with Gasteiger partial charge in [0.1, 0.15) is 6.04 Å². The molecule has 0 aliphatic carbocycles. The lowest BCUT2D eigenvalue weighted by molar-refractivity contribution is 0.632. The van der Waals surface area contributed by atoms with E-state index in [1.807, 2.05) is 6.92 Å². The van der Waals surface area contributed by atoms with Gasteiger partial charge in [-0.2, -0.15) is 5.26 Å². The van der Waals surface area contributed by atoms with Gasteiger partial charge in [-0.3, -0.25) is 4.57 Å². The van der Waals surface area contributed by atoms with E-state index in [0.717, 1.165) is 13.0 Å². The number of aromatic amines is 1. The maximum atomic E-state index is 11.3. The van der Waals surface area contributed by atoms with Gasteiger partial charge in [0, 0.05) is 12.3 Å². The van der Waals surface area contributed by atoms with Crippen LogP contribution in [0.4, 0.5) is 0 Å². The summed E-state index contributed by atoms with van der Waals surface area (Å²) in [5, 5.41) is 19.0. The van der Waals surface area contributed by atoms with Crippen molar-refractivity contribution in [1.82, 2.24) is 20.1 Å². The highest BCUT2D eigenvalue weighted by Gasteiger charge is 2.11. The van der Waals surface area contributed by atoms with Crippen molar-refractivity contribution in [2.24, 2.45) is 0 Å². The van der Waals surface area contributed by atoms with Gasteiger partial charge in [0.15, 0.2) is 5.16 Å². The third-order valence-electron chi connectivity index (χ3n) is 2.22. The number of thioether (sulfide) groups is 1. The Morgan fingerprint density at radius 3 is 3.00 bits per heavy atom. The van der Waals surface area contributed by atoms with E-state index in [9.17, 15) is 4.79 Å². The summed E-state index contributed by atoms with van der Waals surface area (Å²) < 4.78 is 1.55. The van der Waals surface area contributed by atoms with E-state index in [2.05, 4.69) is 28.5 Å². The second-order valence-corrected chi connectivity index (χ2v) is 4.49. The maximum Gasteiger partial charge on any atom is 0.343 e. The van der Waals surface area contributed by atoms with Crippen LogP contribution in [0, 0.1) is 11.3 Å². The first kappa shape index (κ1) is 13.8. The summed E-state index contributed by atoms with van der Waals surface area (Å²) in [5.74, 6) is 0.584. The van der Waals surface area contributed by atoms with Crippen molar-refractivity contribution in [3.05, 3.63) is 10.5 Å². The van der Waals surface area contributed by atoms with E-state index >= 15 is 0 Å². The van der Waals surface area contributed by atoms with Crippen LogP contribution >= 0.6 is 11.8 Å². The highest BCUT2D eigenvalue weighted by Crippen LogP contribution is 2.13. The van der Waals surface area contributed by atoms with Crippen molar-refractivity contribution < 1.29 is 0 Å². The van der Waals surface area contributed by atoms with Gasteiger partial charge >= 0.3 is 5.69 Å². The second-order valence-electron chi connectivity index (χ2n) is 3.50. The zero-order valence-corrected chi connectivity index (χ0v) is 10.9. The van der Waals surface area contributed by atoms with Gasteiger partial charge in [0.2, 0.25) is 0 Å². The van der Waals surface area contributed by atoms with Gasteiger partial charge in [-0.15, -0.1) is 5.10 Å². The van der Waals surface area contributed by atoms with Gasteiger partial charge in [0.05, 0.1) is 6.07 Å². The Balaban J connectivity index is 2.54. The summed E-state index contributed by atoms with van der Waals surface area (Å²) in [5.41, 5.74) is -0.204. The zero-order chi connectivity index (χ0) is 12.7. The fraction of sp³-hybridized carbons (Fsp3) is 0.700. The van der Waals surface area contributed by atoms with E-state index in [4.69, 9.17) is 5.26 Å². The standard InChI is InChI=1S/C10H17N5OS/c1-3-5-12-8(6-11)7-17-10-14-13-9(16)15(10)4-2/h8,12H,3-5,7H2,1-2H3,(H,13,16). The Morgan fingerprint density at radius 1 is 1.65 bits per heavy atom. The van der Waals surface area contributed by atoms with Crippen molar-refractivity contribution in [3.8, 4) is 6.07 Å². The van der Waals surface area contributed by atoms with Gasteiger partial charge in [-0.05, 0) is 19.9 Å². The average molecular weight is 255 g/mol. The highest BCUT2D eigenvalue weighted by atomic mass is 32.2. The van der Waals surface area contributed by atoms with Gasteiger partial charge < -0.3 is 5.32 Å². The van der Waals surface area contributed by atoms with Gasteiger partial charge in [-0.1, -0.05) is 18.7 Å². The highest BCUT2D eigenvalue weighted by molar-refractivity contribution is 7.99. The van der Waals surface area contributed by atoms with Crippen LogP contribution < -0.4 is 11.0 Å². The molecule has 17 heavy (non-hydrogen) atoms. The van der Waals surface area contributed by atoms with Crippen molar-refractivity contribution in [1.29, 1.82) is 5.26 Å². The van der Waals surface area contributed by atoms with E-state index in [1.54, 1.807) is 4.57 Å². The predicted molar refractivity (Wildman–Crippen MR) is 66.9 cm³/mol. The normalized spacial score (nSPS) is 12.3. The smallest absolute Gasteiger partial charge is 0.301 e. The molecule has 0 spiro atoms. The Kier molecular flexibility index (Phi) is 5.80. The SMILES string of the molecule is CCCNC(C#N)CSc1n[nH]c(=O)n1CC. The Labute approximate surface area is 104 Å². The molecule has 1 rings (SSSR count). The van der Waals surface area contributed by atoms with Crippen LogP contribution in [-0.4, -0.2) is 33.1 Å². The minimum Gasteiger partial charge on any atom is -0.301 e. The van der Waals surface area contributed by atoms with Crippen molar-refractivity contribution in [2.75, 3.05) is 12.3 Å². The molecule has 0 radical (unpaired) electrons. The molecule has 1 atom stereocenters. The molecule has 94 valence electrons. The first-order chi connectivity index (χ1) is 8.22. The third kappa shape index (κ3) is 3.91. The number of nitrogens with one attached hydrogen (secondary N) is 2. The lowest BCUT2D eigenvalue weighted by Crippen LogP contribution is -2.30. The number of rotatable bonds is 7. The number of H-pyrrole nitrogens is 1. The van der Waals surface area contributed by atoms with Crippen molar-refractivity contribution >= 4 is 11.8 Å². The molecule has 0 saturated heterocycles. The van der Waals surface area contributed by atoms with Crippen LogP contribution in [0.15, 0.2) is 9.95 Å². The molecule has 0 fully saturated rings. The lowest BCUT2D eigenvalue weighted by Gasteiger charge is -2.09. The summed E-state index contributed by atoms with van der Waals surface area (Å²) >= 11 is 1.41. The van der Waals surface area contributed by atoms with Crippen LogP contribution in [0.2, 0.25) is 0 Å². The third-order valence-corrected chi connectivity index (χ3v) is 3.29. The van der Waals surface area contributed by atoms with Crippen LogP contribution in [0.25, 0.3) is 0 Å². The summed E-state index contributed by atoms with van der Waals surface area (Å²) in [7, 11) is 0. The first-order valence-electron chi connectivity index (χ1n) is 5.63. The van der Waals surface area contributed by atoms with Gasteiger partial charge in [0.25, 0.3) is 0 Å². The molecule has 2 N–H and O–H groups in total. The quantitative estimate of drug-likeness (QED) is 0.696. The molecule has 1 unspecified atom stereocenters. The molecule has 0 amide bonds. The lowest BCUT2D eigenvalue weighted by atomic mass is 10.3. The van der Waals surface area contributed by atoms with Crippen LogP contribution in [0.5, 0.6) is 0 Å². The Morgan fingerprint density at radius 2 is 2.41 bits per heavy atom. The molecule has 1 aromatic heterocycles. The summed E-state index contributed by atoms with van der Waals surface area (Å²) in [4.78, 5) is 11.3. The summed E-state index contributed by atoms with van der Waals surface area (Å²) in [6, 6.07) is 1.98. The molecule has 6 nitrogen and oxygen atoms in total. The molecular formula is C10H17N5OS. The molecule has 0 bridgehead atoms. The van der Waals surface area contributed by atoms with E-state index in [0.29, 0.717) is 17.5 Å². The number of hydrogen-bond acceptors (Lipinski definition) is 5. The number of nitriles is 1. The molecule has 1 heterocycles. The fourth-order valence-electron chi connectivity index (χ4n) is 1.31. The molecular weight excluding hydrogens is 238 g/mol. The number of aromatic nitrogens is 3. The van der Waals surface area contributed by atoms with Crippen LogP contribution in [0.3, 0.4) is 0 Å². The summed E-state index contributed by atoms with van der Waals surface area (Å²) in [6.45, 7) is 5.34. The largest absolute Gasteiger partial charge is 0.343 e. The van der Waals surface area contributed by atoms with Crippen molar-refractivity contribution in [3.63, 3.8) is 0 Å². The van der Waals surface area contributed by atoms with E-state index in [-0.39, 0.29) is 11.7 Å². The second kappa shape index (κ2) is 7.14. The van der Waals surface area contributed by atoms with Gasteiger partial charge in [-0.25, -0.2) is 9.89 Å². The molecule has 0 aliphatic heterocycles. The minimum atomic E-state index is -0.211. The van der Waals surface area contributed by atoms with Crippen molar-refractivity contribution in [2.45, 2.75) is 38.0 Å². The molecule has 0 aromatic carbocycles. The number of nitrogens with zero attached hydrogens (tertiary/aromatic N) is 3. The summed E-state index contributed by atoms with van der Waals surface area (Å²) in [6.07, 6.45) is 0.991. The van der Waals surface area contributed by atoms with E-state index in [1.165, 1.54) is 11.8 Å². The van der Waals surface area contributed by atoms with E-state index < -0.39 is 0 Å². The molecule has 1 aromatic rings. The molecule has 7 heteroatoms.